The number of ether oxygens (including phenoxy) is 1. The molecule has 5 nitrogen and oxygen atoms in total. The highest BCUT2D eigenvalue weighted by molar-refractivity contribution is 5.97. The largest absolute Gasteiger partial charge is 0.364 e. The van der Waals surface area contributed by atoms with Gasteiger partial charge in [0.15, 0.2) is 0 Å². The molecular formula is C15H12N4O. The number of nitrogens with zero attached hydrogens (tertiary/aromatic N) is 4. The average Bonchev–Trinajstić information content (AvgIpc) is 2.88. The number of fused-ring (bicyclic) bond motifs is 1. The SMILES string of the molecule is COCn1cc(-c2cccnc2)c2c(C#N)ccnc21. The molecule has 0 aliphatic rings. The minimum Gasteiger partial charge on any atom is -0.364 e. The van der Waals surface area contributed by atoms with Gasteiger partial charge in [0, 0.05) is 48.4 Å². The first-order chi connectivity index (χ1) is 9.85. The van der Waals surface area contributed by atoms with Crippen molar-refractivity contribution in [3.05, 3.63) is 48.5 Å². The molecule has 0 radical (unpaired) electrons. The Morgan fingerprint density at radius 3 is 2.95 bits per heavy atom. The molecule has 3 rings (SSSR count). The Morgan fingerprint density at radius 1 is 1.35 bits per heavy atom. The van der Waals surface area contributed by atoms with Crippen LogP contribution >= 0.6 is 0 Å². The zero-order chi connectivity index (χ0) is 13.9. The van der Waals surface area contributed by atoms with Gasteiger partial charge in [0.2, 0.25) is 0 Å². The topological polar surface area (TPSA) is 63.7 Å². The second-order valence-corrected chi connectivity index (χ2v) is 4.34. The van der Waals surface area contributed by atoms with Crippen LogP contribution in [0.5, 0.6) is 0 Å². The van der Waals surface area contributed by atoms with Gasteiger partial charge in [-0.25, -0.2) is 4.98 Å². The highest BCUT2D eigenvalue weighted by Crippen LogP contribution is 2.31. The van der Waals surface area contributed by atoms with Crippen LogP contribution in [0.25, 0.3) is 22.2 Å². The van der Waals surface area contributed by atoms with Crippen LogP contribution in [0.3, 0.4) is 0 Å². The summed E-state index contributed by atoms with van der Waals surface area (Å²) in [5.41, 5.74) is 3.24. The van der Waals surface area contributed by atoms with E-state index in [1.165, 1.54) is 0 Å². The van der Waals surface area contributed by atoms with Crippen LogP contribution in [0.4, 0.5) is 0 Å². The highest BCUT2D eigenvalue weighted by atomic mass is 16.5. The number of hydrogen-bond donors (Lipinski definition) is 0. The predicted octanol–water partition coefficient (Wildman–Crippen LogP) is 2.57. The summed E-state index contributed by atoms with van der Waals surface area (Å²) in [6.07, 6.45) is 7.08. The zero-order valence-corrected chi connectivity index (χ0v) is 10.9. The van der Waals surface area contributed by atoms with Gasteiger partial charge in [-0.2, -0.15) is 5.26 Å². The summed E-state index contributed by atoms with van der Waals surface area (Å²) < 4.78 is 7.07. The van der Waals surface area contributed by atoms with E-state index in [0.29, 0.717) is 12.3 Å². The molecule has 0 spiro atoms. The van der Waals surface area contributed by atoms with E-state index >= 15 is 0 Å². The van der Waals surface area contributed by atoms with Crippen LogP contribution in [0.2, 0.25) is 0 Å². The van der Waals surface area contributed by atoms with E-state index in [9.17, 15) is 5.26 Å². The predicted molar refractivity (Wildman–Crippen MR) is 74.7 cm³/mol. The van der Waals surface area contributed by atoms with Crippen molar-refractivity contribution in [3.8, 4) is 17.2 Å². The fraction of sp³-hybridized carbons (Fsp3) is 0.133. The van der Waals surface area contributed by atoms with Crippen molar-refractivity contribution in [2.24, 2.45) is 0 Å². The smallest absolute Gasteiger partial charge is 0.143 e. The number of hydrogen-bond acceptors (Lipinski definition) is 4. The first-order valence-electron chi connectivity index (χ1n) is 6.12. The lowest BCUT2D eigenvalue weighted by atomic mass is 10.0. The van der Waals surface area contributed by atoms with Crippen LogP contribution in [0.1, 0.15) is 5.56 Å². The molecule has 3 aromatic heterocycles. The Hall–Kier alpha value is -2.71. The molecule has 0 bridgehead atoms. The maximum Gasteiger partial charge on any atom is 0.143 e. The molecule has 5 heteroatoms. The van der Waals surface area contributed by atoms with Gasteiger partial charge in [-0.1, -0.05) is 6.07 Å². The number of nitriles is 1. The third-order valence-electron chi connectivity index (χ3n) is 3.12. The molecule has 0 atom stereocenters. The van der Waals surface area contributed by atoms with Crippen molar-refractivity contribution in [2.45, 2.75) is 6.73 Å². The van der Waals surface area contributed by atoms with E-state index in [2.05, 4.69) is 16.0 Å². The molecule has 3 aromatic rings. The summed E-state index contributed by atoms with van der Waals surface area (Å²) >= 11 is 0. The van der Waals surface area contributed by atoms with Crippen molar-refractivity contribution in [3.63, 3.8) is 0 Å². The van der Waals surface area contributed by atoms with E-state index in [-0.39, 0.29) is 0 Å². The molecule has 0 saturated carbocycles. The maximum absolute atomic E-state index is 9.31. The lowest BCUT2D eigenvalue weighted by Gasteiger charge is -2.01. The molecule has 0 aromatic carbocycles. The van der Waals surface area contributed by atoms with Crippen LogP contribution < -0.4 is 0 Å². The van der Waals surface area contributed by atoms with Gasteiger partial charge in [-0.3, -0.25) is 4.98 Å². The van der Waals surface area contributed by atoms with Crippen LogP contribution in [0.15, 0.2) is 43.0 Å². The summed E-state index contributed by atoms with van der Waals surface area (Å²) in [5, 5.41) is 10.1. The number of aromatic nitrogens is 3. The van der Waals surface area contributed by atoms with Crippen molar-refractivity contribution >= 4 is 11.0 Å². The summed E-state index contributed by atoms with van der Waals surface area (Å²) in [4.78, 5) is 8.50. The Morgan fingerprint density at radius 2 is 2.25 bits per heavy atom. The Labute approximate surface area is 116 Å². The molecule has 0 amide bonds. The second kappa shape index (κ2) is 5.11. The van der Waals surface area contributed by atoms with Crippen molar-refractivity contribution in [1.29, 1.82) is 5.26 Å². The summed E-state index contributed by atoms with van der Waals surface area (Å²) in [6.45, 7) is 0.388. The fourth-order valence-electron chi connectivity index (χ4n) is 2.29. The van der Waals surface area contributed by atoms with Crippen LogP contribution in [-0.2, 0) is 11.5 Å². The molecule has 0 saturated heterocycles. The lowest BCUT2D eigenvalue weighted by molar-refractivity contribution is 0.134. The minimum atomic E-state index is 0.388. The third-order valence-corrected chi connectivity index (χ3v) is 3.12. The number of pyridine rings is 2. The van der Waals surface area contributed by atoms with Crippen molar-refractivity contribution in [1.82, 2.24) is 14.5 Å². The van der Waals surface area contributed by atoms with Crippen molar-refractivity contribution < 1.29 is 4.74 Å². The van der Waals surface area contributed by atoms with E-state index in [4.69, 9.17) is 4.74 Å². The number of methoxy groups -OCH3 is 1. The third kappa shape index (κ3) is 1.92. The minimum absolute atomic E-state index is 0.388. The van der Waals surface area contributed by atoms with E-state index in [1.54, 1.807) is 31.8 Å². The second-order valence-electron chi connectivity index (χ2n) is 4.34. The van der Waals surface area contributed by atoms with Gasteiger partial charge >= 0.3 is 0 Å². The monoisotopic (exact) mass is 264 g/mol. The maximum atomic E-state index is 9.31. The quantitative estimate of drug-likeness (QED) is 0.729. The molecular weight excluding hydrogens is 252 g/mol. The van der Waals surface area contributed by atoms with Crippen LogP contribution in [0, 0.1) is 11.3 Å². The molecule has 98 valence electrons. The Balaban J connectivity index is 2.34. The zero-order valence-electron chi connectivity index (χ0n) is 10.9. The van der Waals surface area contributed by atoms with Gasteiger partial charge < -0.3 is 9.30 Å². The summed E-state index contributed by atoms with van der Waals surface area (Å²) in [5.74, 6) is 0. The van der Waals surface area contributed by atoms with Gasteiger partial charge in [0.25, 0.3) is 0 Å². The van der Waals surface area contributed by atoms with E-state index in [1.807, 2.05) is 22.9 Å². The highest BCUT2D eigenvalue weighted by Gasteiger charge is 2.14. The Kier molecular flexibility index (Phi) is 3.15. The van der Waals surface area contributed by atoms with E-state index in [0.717, 1.165) is 22.2 Å². The average molecular weight is 264 g/mol. The number of rotatable bonds is 3. The molecule has 0 unspecified atom stereocenters. The van der Waals surface area contributed by atoms with Gasteiger partial charge in [-0.15, -0.1) is 0 Å². The van der Waals surface area contributed by atoms with Gasteiger partial charge in [-0.05, 0) is 12.1 Å². The normalized spacial score (nSPS) is 10.6. The molecule has 0 N–H and O–H groups in total. The molecule has 20 heavy (non-hydrogen) atoms. The van der Waals surface area contributed by atoms with Gasteiger partial charge in [0.1, 0.15) is 12.4 Å². The lowest BCUT2D eigenvalue weighted by Crippen LogP contribution is -1.98. The molecule has 0 fully saturated rings. The standard InChI is InChI=1S/C15H12N4O/c1-20-10-19-9-13(12-3-2-5-17-8-12)14-11(7-16)4-6-18-15(14)19/h2-6,8-9H,10H2,1H3. The van der Waals surface area contributed by atoms with Crippen molar-refractivity contribution in [2.75, 3.05) is 7.11 Å². The summed E-state index contributed by atoms with van der Waals surface area (Å²) in [7, 11) is 1.63. The van der Waals surface area contributed by atoms with E-state index < -0.39 is 0 Å². The molecule has 0 aliphatic carbocycles. The van der Waals surface area contributed by atoms with Gasteiger partial charge in [0.05, 0.1) is 11.6 Å². The molecule has 0 aliphatic heterocycles. The summed E-state index contributed by atoms with van der Waals surface area (Å²) in [6, 6.07) is 7.78. The Bertz CT molecular complexity index is 787. The fourth-order valence-corrected chi connectivity index (χ4v) is 2.29. The molecule has 3 heterocycles. The first kappa shape index (κ1) is 12.3. The van der Waals surface area contributed by atoms with Crippen LogP contribution in [-0.4, -0.2) is 21.6 Å². The first-order valence-corrected chi connectivity index (χ1v) is 6.12.